The minimum atomic E-state index is -0.586. The minimum Gasteiger partial charge on any atom is -0.378 e. The number of nitriles is 1. The summed E-state index contributed by atoms with van der Waals surface area (Å²) in [7, 11) is 0. The lowest BCUT2D eigenvalue weighted by Gasteiger charge is -2.40. The second-order valence-corrected chi connectivity index (χ2v) is 10.1. The van der Waals surface area contributed by atoms with Crippen LogP contribution in [0.15, 0.2) is 41.8 Å². The fraction of sp³-hybridized carbons (Fsp3) is 0.462. The smallest absolute Gasteiger partial charge is 0.164 e. The molecule has 0 spiro atoms. The normalized spacial score (nSPS) is 26.0. The molecule has 9 nitrogen and oxygen atoms in total. The molecule has 3 aromatic rings. The minimum absolute atomic E-state index is 0.0203. The maximum atomic E-state index is 9.45. The van der Waals surface area contributed by atoms with Crippen LogP contribution in [0.1, 0.15) is 30.9 Å². The summed E-state index contributed by atoms with van der Waals surface area (Å²) < 4.78 is 13.5. The molecular weight excluding hydrogens is 442 g/mol. The summed E-state index contributed by atoms with van der Waals surface area (Å²) in [6.45, 7) is 8.39. The van der Waals surface area contributed by atoms with E-state index in [-0.39, 0.29) is 5.41 Å². The second kappa shape index (κ2) is 8.33. The number of hydrogen-bond acceptors (Lipinski definition) is 8. The number of morpholine rings is 1. The van der Waals surface area contributed by atoms with Gasteiger partial charge in [-0.25, -0.2) is 9.97 Å². The molecule has 1 aliphatic carbocycles. The van der Waals surface area contributed by atoms with Gasteiger partial charge in [-0.1, -0.05) is 29.8 Å². The van der Waals surface area contributed by atoms with Crippen molar-refractivity contribution in [1.82, 2.24) is 14.5 Å². The Bertz CT molecular complexity index is 1340. The SMILES string of the molecule is C/C(=N\Nc1cc(N2CCOCC2)c2ncn(CC34COC(C#N)(C3)C4)c2n1)c1cccc(C)c1. The van der Waals surface area contributed by atoms with Crippen molar-refractivity contribution in [2.75, 3.05) is 43.2 Å². The van der Waals surface area contributed by atoms with Crippen molar-refractivity contribution < 1.29 is 9.47 Å². The highest BCUT2D eigenvalue weighted by atomic mass is 16.5. The zero-order valence-electron chi connectivity index (χ0n) is 20.1. The summed E-state index contributed by atoms with van der Waals surface area (Å²) in [4.78, 5) is 12.0. The number of benzene rings is 1. The van der Waals surface area contributed by atoms with Gasteiger partial charge in [-0.3, -0.25) is 5.43 Å². The number of hydrazone groups is 1. The standard InChI is InChI=1S/C26H29N7O2/c1-18-4-3-5-20(10-18)19(2)30-31-22-11-21(32-6-8-34-9-7-32)23-24(29-22)33(17-28-23)15-25-12-26(13-25,14-27)35-16-25/h3-5,10-11,17H,6-9,12-13,15-16H2,1-2H3,(H,29,31)/b30-19+. The van der Waals surface area contributed by atoms with E-state index < -0.39 is 5.60 Å². The first-order chi connectivity index (χ1) is 17.0. The number of pyridine rings is 1. The van der Waals surface area contributed by atoms with Gasteiger partial charge in [-0.05, 0) is 32.3 Å². The molecule has 0 radical (unpaired) electrons. The van der Waals surface area contributed by atoms with Gasteiger partial charge in [0.25, 0.3) is 0 Å². The monoisotopic (exact) mass is 471 g/mol. The van der Waals surface area contributed by atoms with Gasteiger partial charge in [0.1, 0.15) is 5.52 Å². The fourth-order valence-electron chi connectivity index (χ4n) is 5.60. The molecule has 0 atom stereocenters. The van der Waals surface area contributed by atoms with Crippen LogP contribution in [0.5, 0.6) is 0 Å². The number of hydrogen-bond donors (Lipinski definition) is 1. The third-order valence-electron chi connectivity index (χ3n) is 7.36. The number of aryl methyl sites for hydroxylation is 1. The molecule has 1 N–H and O–H groups in total. The number of ether oxygens (including phenoxy) is 2. The number of aromatic nitrogens is 3. The molecule has 4 fully saturated rings. The number of fused-ring (bicyclic) bond motifs is 2. The van der Waals surface area contributed by atoms with Crippen LogP contribution in [0.4, 0.5) is 11.5 Å². The predicted octanol–water partition coefficient (Wildman–Crippen LogP) is 3.49. The summed E-state index contributed by atoms with van der Waals surface area (Å²) in [5.41, 5.74) is 8.46. The first-order valence-electron chi connectivity index (χ1n) is 12.1. The van der Waals surface area contributed by atoms with Crippen LogP contribution in [0.3, 0.4) is 0 Å². The van der Waals surface area contributed by atoms with E-state index >= 15 is 0 Å². The average Bonchev–Trinajstić information content (AvgIpc) is 3.55. The Balaban J connectivity index is 1.34. The average molecular weight is 472 g/mol. The number of nitrogens with zero attached hydrogens (tertiary/aromatic N) is 6. The maximum absolute atomic E-state index is 9.45. The summed E-state index contributed by atoms with van der Waals surface area (Å²) in [6.07, 6.45) is 3.40. The molecular formula is C26H29N7O2. The van der Waals surface area contributed by atoms with Crippen molar-refractivity contribution in [3.8, 4) is 6.07 Å². The molecule has 4 aliphatic rings. The fourth-order valence-corrected chi connectivity index (χ4v) is 5.60. The van der Waals surface area contributed by atoms with Gasteiger partial charge in [-0.2, -0.15) is 10.4 Å². The van der Waals surface area contributed by atoms with Crippen LogP contribution in [-0.2, 0) is 16.0 Å². The molecule has 7 rings (SSSR count). The molecule has 35 heavy (non-hydrogen) atoms. The third kappa shape index (κ3) is 3.93. The Morgan fingerprint density at radius 3 is 2.83 bits per heavy atom. The molecule has 3 aliphatic heterocycles. The van der Waals surface area contributed by atoms with Crippen molar-refractivity contribution in [2.45, 2.75) is 38.8 Å². The van der Waals surface area contributed by atoms with E-state index in [0.29, 0.717) is 25.6 Å². The Morgan fingerprint density at radius 2 is 2.09 bits per heavy atom. The number of anilines is 2. The zero-order chi connectivity index (χ0) is 24.0. The van der Waals surface area contributed by atoms with Crippen molar-refractivity contribution in [2.24, 2.45) is 10.5 Å². The van der Waals surface area contributed by atoms with Crippen LogP contribution in [0.25, 0.3) is 11.2 Å². The van der Waals surface area contributed by atoms with Gasteiger partial charge in [-0.15, -0.1) is 0 Å². The quantitative estimate of drug-likeness (QED) is 0.434. The van der Waals surface area contributed by atoms with Gasteiger partial charge < -0.3 is 18.9 Å². The molecule has 2 aromatic heterocycles. The summed E-state index contributed by atoms with van der Waals surface area (Å²) in [5, 5.41) is 14.1. The molecule has 5 heterocycles. The molecule has 9 heteroatoms. The number of imidazole rings is 1. The third-order valence-corrected chi connectivity index (χ3v) is 7.36. The van der Waals surface area contributed by atoms with Crippen molar-refractivity contribution in [3.63, 3.8) is 0 Å². The van der Waals surface area contributed by atoms with Gasteiger partial charge in [0.15, 0.2) is 17.1 Å². The second-order valence-electron chi connectivity index (χ2n) is 10.1. The summed E-state index contributed by atoms with van der Waals surface area (Å²) >= 11 is 0. The van der Waals surface area contributed by atoms with Crippen LogP contribution in [-0.4, -0.2) is 58.8 Å². The van der Waals surface area contributed by atoms with E-state index in [0.717, 1.165) is 60.6 Å². The van der Waals surface area contributed by atoms with E-state index in [1.54, 1.807) is 0 Å². The van der Waals surface area contributed by atoms with Crippen molar-refractivity contribution in [1.29, 1.82) is 5.26 Å². The zero-order valence-corrected chi connectivity index (χ0v) is 20.1. The highest BCUT2D eigenvalue weighted by Crippen LogP contribution is 2.58. The predicted molar refractivity (Wildman–Crippen MR) is 134 cm³/mol. The first kappa shape index (κ1) is 22.0. The Hall–Kier alpha value is -3.48. The number of nitrogens with one attached hydrogen (secondary N) is 1. The molecule has 180 valence electrons. The van der Waals surface area contributed by atoms with Crippen molar-refractivity contribution in [3.05, 3.63) is 47.8 Å². The number of rotatable bonds is 6. The maximum Gasteiger partial charge on any atom is 0.164 e. The lowest BCUT2D eigenvalue weighted by atomic mass is 9.63. The van der Waals surface area contributed by atoms with E-state index in [9.17, 15) is 5.26 Å². The largest absolute Gasteiger partial charge is 0.378 e. The van der Waals surface area contributed by atoms with E-state index in [1.807, 2.05) is 25.4 Å². The lowest BCUT2D eigenvalue weighted by Crippen LogP contribution is -2.45. The summed E-state index contributed by atoms with van der Waals surface area (Å²) in [6, 6.07) is 12.7. The van der Waals surface area contributed by atoms with Gasteiger partial charge >= 0.3 is 0 Å². The highest BCUT2D eigenvalue weighted by molar-refractivity contribution is 5.99. The Labute approximate surface area is 204 Å². The topological polar surface area (TPSA) is 101 Å². The molecule has 1 saturated carbocycles. The van der Waals surface area contributed by atoms with Crippen LogP contribution in [0, 0.1) is 23.7 Å². The van der Waals surface area contributed by atoms with E-state index in [4.69, 9.17) is 19.4 Å². The molecule has 3 saturated heterocycles. The van der Waals surface area contributed by atoms with Crippen molar-refractivity contribution >= 4 is 28.4 Å². The van der Waals surface area contributed by atoms with Gasteiger partial charge in [0.05, 0.1) is 43.6 Å². The van der Waals surface area contributed by atoms with Gasteiger partial charge in [0.2, 0.25) is 0 Å². The van der Waals surface area contributed by atoms with Crippen LogP contribution < -0.4 is 10.3 Å². The van der Waals surface area contributed by atoms with Gasteiger partial charge in [0, 0.05) is 31.1 Å². The first-order valence-corrected chi connectivity index (χ1v) is 12.1. The lowest BCUT2D eigenvalue weighted by molar-refractivity contribution is 0.0354. The Kier molecular flexibility index (Phi) is 5.24. The molecule has 0 amide bonds. The molecule has 0 unspecified atom stereocenters. The highest BCUT2D eigenvalue weighted by Gasteiger charge is 2.63. The van der Waals surface area contributed by atoms with E-state index in [1.165, 1.54) is 5.56 Å². The molecule has 2 bridgehead atoms. The molecule has 1 aromatic carbocycles. The Morgan fingerprint density at radius 1 is 1.26 bits per heavy atom. The summed E-state index contributed by atoms with van der Waals surface area (Å²) in [5.74, 6) is 0.674. The van der Waals surface area contributed by atoms with Crippen LogP contribution >= 0.6 is 0 Å². The van der Waals surface area contributed by atoms with E-state index in [2.05, 4.69) is 51.2 Å². The van der Waals surface area contributed by atoms with Crippen LogP contribution in [0.2, 0.25) is 0 Å².